The Kier molecular flexibility index (Phi) is 4.29. The van der Waals surface area contributed by atoms with E-state index in [0.717, 1.165) is 29.7 Å². The molecule has 114 valence electrons. The number of aromatic nitrogens is 2. The number of fused-ring (bicyclic) bond motifs is 1. The van der Waals surface area contributed by atoms with Crippen molar-refractivity contribution in [1.82, 2.24) is 15.3 Å². The molecule has 0 aliphatic heterocycles. The lowest BCUT2D eigenvalue weighted by Crippen LogP contribution is -2.29. The molecule has 1 aromatic carbocycles. The predicted molar refractivity (Wildman–Crippen MR) is 87.6 cm³/mol. The lowest BCUT2D eigenvalue weighted by molar-refractivity contribution is 0.0903. The summed E-state index contributed by atoms with van der Waals surface area (Å²) >= 11 is 3.20. The van der Waals surface area contributed by atoms with Gasteiger partial charge < -0.3 is 14.7 Å². The highest BCUT2D eigenvalue weighted by atomic mass is 79.9. The van der Waals surface area contributed by atoms with Crippen LogP contribution >= 0.6 is 15.9 Å². The number of benzene rings is 1. The normalized spacial score (nSPS) is 12.5. The fourth-order valence-corrected chi connectivity index (χ4v) is 2.68. The number of hydrogen-bond acceptors (Lipinski definition) is 3. The molecule has 2 heterocycles. The molecule has 3 aromatic rings. The van der Waals surface area contributed by atoms with Crippen LogP contribution in [0.2, 0.25) is 0 Å². The Morgan fingerprint density at radius 3 is 2.86 bits per heavy atom. The topological polar surface area (TPSA) is 70.9 Å². The minimum absolute atomic E-state index is 0.172. The summed E-state index contributed by atoms with van der Waals surface area (Å²) in [6, 6.07) is 11.0. The molecular formula is C16H16BrN3O2. The Morgan fingerprint density at radius 1 is 1.36 bits per heavy atom. The van der Waals surface area contributed by atoms with Gasteiger partial charge in [-0.05, 0) is 46.6 Å². The van der Waals surface area contributed by atoms with E-state index in [-0.39, 0.29) is 17.7 Å². The first-order valence-electron chi connectivity index (χ1n) is 7.18. The van der Waals surface area contributed by atoms with E-state index in [1.54, 1.807) is 12.1 Å². The molecule has 0 spiro atoms. The predicted octanol–water partition coefficient (Wildman–Crippen LogP) is 4.19. The Hall–Kier alpha value is -2.08. The number of furan rings is 1. The zero-order valence-corrected chi connectivity index (χ0v) is 13.7. The standard InChI is InChI=1S/C16H16BrN3O2/c1-2-5-12(20-16(21)13-8-9-14(17)22-13)15-18-10-6-3-4-7-11(10)19-15/h3-4,6-9,12H,2,5H2,1H3,(H,18,19)(H,20,21)/t12-/m0/s1. The van der Waals surface area contributed by atoms with Crippen molar-refractivity contribution in [1.29, 1.82) is 0 Å². The largest absolute Gasteiger partial charge is 0.444 e. The summed E-state index contributed by atoms with van der Waals surface area (Å²) in [5.74, 6) is 0.802. The summed E-state index contributed by atoms with van der Waals surface area (Å²) < 4.78 is 5.83. The number of para-hydroxylation sites is 2. The molecule has 2 N–H and O–H groups in total. The fourth-order valence-electron chi connectivity index (χ4n) is 2.37. The Bertz CT molecular complexity index is 760. The molecular weight excluding hydrogens is 346 g/mol. The molecule has 0 radical (unpaired) electrons. The molecule has 0 aliphatic rings. The number of carbonyl (C=O) groups is 1. The molecule has 0 saturated carbocycles. The summed E-state index contributed by atoms with van der Waals surface area (Å²) in [6.07, 6.45) is 1.73. The fraction of sp³-hybridized carbons (Fsp3) is 0.250. The third-order valence-corrected chi connectivity index (χ3v) is 3.84. The van der Waals surface area contributed by atoms with Gasteiger partial charge in [0.2, 0.25) is 0 Å². The lowest BCUT2D eigenvalue weighted by Gasteiger charge is -2.14. The van der Waals surface area contributed by atoms with Gasteiger partial charge in [0.25, 0.3) is 5.91 Å². The summed E-state index contributed by atoms with van der Waals surface area (Å²) in [5.41, 5.74) is 1.86. The molecule has 0 bridgehead atoms. The molecule has 2 aromatic heterocycles. The van der Waals surface area contributed by atoms with Crippen molar-refractivity contribution in [3.8, 4) is 0 Å². The van der Waals surface area contributed by atoms with Crippen LogP contribution < -0.4 is 5.32 Å². The van der Waals surface area contributed by atoms with Gasteiger partial charge in [-0.15, -0.1) is 0 Å². The van der Waals surface area contributed by atoms with Crippen LogP contribution in [0.15, 0.2) is 45.5 Å². The van der Waals surface area contributed by atoms with E-state index in [9.17, 15) is 4.79 Å². The van der Waals surface area contributed by atoms with E-state index < -0.39 is 0 Å². The van der Waals surface area contributed by atoms with Gasteiger partial charge in [-0.25, -0.2) is 4.98 Å². The van der Waals surface area contributed by atoms with Crippen LogP contribution in [0.3, 0.4) is 0 Å². The van der Waals surface area contributed by atoms with E-state index in [1.807, 2.05) is 24.3 Å². The van der Waals surface area contributed by atoms with E-state index >= 15 is 0 Å². The van der Waals surface area contributed by atoms with Crippen LogP contribution in [0.1, 0.15) is 42.2 Å². The smallest absolute Gasteiger partial charge is 0.287 e. The molecule has 6 heteroatoms. The summed E-state index contributed by atoms with van der Waals surface area (Å²) in [6.45, 7) is 2.07. The first-order valence-corrected chi connectivity index (χ1v) is 7.97. The highest BCUT2D eigenvalue weighted by molar-refractivity contribution is 9.10. The minimum Gasteiger partial charge on any atom is -0.444 e. The quantitative estimate of drug-likeness (QED) is 0.715. The van der Waals surface area contributed by atoms with Crippen LogP contribution in [0.25, 0.3) is 11.0 Å². The van der Waals surface area contributed by atoms with Crippen LogP contribution in [0, 0.1) is 0 Å². The second-order valence-corrected chi connectivity index (χ2v) is 5.84. The van der Waals surface area contributed by atoms with Crippen molar-refractivity contribution in [2.24, 2.45) is 0 Å². The second kappa shape index (κ2) is 6.36. The molecule has 0 fully saturated rings. The van der Waals surface area contributed by atoms with Gasteiger partial charge in [-0.2, -0.15) is 0 Å². The van der Waals surface area contributed by atoms with Crippen molar-refractivity contribution in [2.75, 3.05) is 0 Å². The maximum Gasteiger partial charge on any atom is 0.287 e. The average molecular weight is 362 g/mol. The molecule has 22 heavy (non-hydrogen) atoms. The SMILES string of the molecule is CCC[C@H](NC(=O)c1ccc(Br)o1)c1nc2ccccc2[nH]1. The number of amides is 1. The lowest BCUT2D eigenvalue weighted by atomic mass is 10.1. The maximum atomic E-state index is 12.3. The van der Waals surface area contributed by atoms with Crippen LogP contribution in [-0.2, 0) is 0 Å². The van der Waals surface area contributed by atoms with Gasteiger partial charge in [0.1, 0.15) is 5.82 Å². The van der Waals surface area contributed by atoms with Crippen molar-refractivity contribution in [3.63, 3.8) is 0 Å². The van der Waals surface area contributed by atoms with Crippen molar-refractivity contribution >= 4 is 32.9 Å². The van der Waals surface area contributed by atoms with Gasteiger partial charge >= 0.3 is 0 Å². The van der Waals surface area contributed by atoms with Gasteiger partial charge in [0, 0.05) is 0 Å². The number of aromatic amines is 1. The molecule has 5 nitrogen and oxygen atoms in total. The molecule has 1 atom stereocenters. The first-order chi connectivity index (χ1) is 10.7. The van der Waals surface area contributed by atoms with Crippen LogP contribution in [0.5, 0.6) is 0 Å². The maximum absolute atomic E-state index is 12.3. The van der Waals surface area contributed by atoms with Gasteiger partial charge in [-0.3, -0.25) is 4.79 Å². The number of nitrogens with zero attached hydrogens (tertiary/aromatic N) is 1. The Labute approximate surface area is 136 Å². The zero-order chi connectivity index (χ0) is 15.5. The monoisotopic (exact) mass is 361 g/mol. The van der Waals surface area contributed by atoms with Crippen LogP contribution in [-0.4, -0.2) is 15.9 Å². The number of imidazole rings is 1. The summed E-state index contributed by atoms with van der Waals surface area (Å²) in [7, 11) is 0. The number of halogens is 1. The summed E-state index contributed by atoms with van der Waals surface area (Å²) in [4.78, 5) is 20.1. The number of nitrogens with one attached hydrogen (secondary N) is 2. The number of rotatable bonds is 5. The summed E-state index contributed by atoms with van der Waals surface area (Å²) in [5, 5.41) is 2.98. The van der Waals surface area contributed by atoms with Gasteiger partial charge in [0.05, 0.1) is 17.1 Å². The Balaban J connectivity index is 1.84. The number of carbonyl (C=O) groups excluding carboxylic acids is 1. The molecule has 3 rings (SSSR count). The van der Waals surface area contributed by atoms with Crippen molar-refractivity contribution in [3.05, 3.63) is 52.7 Å². The highest BCUT2D eigenvalue weighted by Crippen LogP contribution is 2.21. The highest BCUT2D eigenvalue weighted by Gasteiger charge is 2.20. The van der Waals surface area contributed by atoms with Crippen molar-refractivity contribution < 1.29 is 9.21 Å². The van der Waals surface area contributed by atoms with E-state index in [1.165, 1.54) is 0 Å². The third kappa shape index (κ3) is 3.06. The van der Waals surface area contributed by atoms with Gasteiger partial charge in [0.15, 0.2) is 10.4 Å². The molecule has 1 amide bonds. The van der Waals surface area contributed by atoms with E-state index in [4.69, 9.17) is 4.42 Å². The Morgan fingerprint density at radius 2 is 2.18 bits per heavy atom. The first kappa shape index (κ1) is 14.8. The molecule has 0 unspecified atom stereocenters. The second-order valence-electron chi connectivity index (χ2n) is 5.06. The molecule has 0 saturated heterocycles. The van der Waals surface area contributed by atoms with Gasteiger partial charge in [-0.1, -0.05) is 25.5 Å². The zero-order valence-electron chi connectivity index (χ0n) is 12.1. The third-order valence-electron chi connectivity index (χ3n) is 3.42. The number of hydrogen-bond donors (Lipinski definition) is 2. The average Bonchev–Trinajstić information content (AvgIpc) is 3.12. The minimum atomic E-state index is -0.246. The van der Waals surface area contributed by atoms with Crippen LogP contribution in [0.4, 0.5) is 0 Å². The van der Waals surface area contributed by atoms with E-state index in [2.05, 4.69) is 38.1 Å². The number of H-pyrrole nitrogens is 1. The van der Waals surface area contributed by atoms with Crippen molar-refractivity contribution in [2.45, 2.75) is 25.8 Å². The molecule has 0 aliphatic carbocycles. The van der Waals surface area contributed by atoms with E-state index in [0.29, 0.717) is 4.67 Å².